The third kappa shape index (κ3) is 7.18. The van der Waals surface area contributed by atoms with Gasteiger partial charge in [0.1, 0.15) is 0 Å². The molecule has 1 nitrogen and oxygen atoms in total. The Hall–Kier alpha value is -7.00. The van der Waals surface area contributed by atoms with E-state index in [9.17, 15) is 0 Å². The van der Waals surface area contributed by atoms with E-state index in [0.29, 0.717) is 5.92 Å². The van der Waals surface area contributed by atoms with E-state index in [1.165, 1.54) is 109 Å². The Kier molecular flexibility index (Phi) is 10.8. The third-order valence-corrected chi connectivity index (χ3v) is 19.4. The van der Waals surface area contributed by atoms with Crippen LogP contribution in [0.5, 0.6) is 0 Å². The van der Waals surface area contributed by atoms with Crippen molar-refractivity contribution in [2.75, 3.05) is 4.90 Å². The quantitative estimate of drug-likeness (QED) is 0.0979. The number of nitrogens with zero attached hydrogens (tertiary/aromatic N) is 1. The van der Waals surface area contributed by atoms with Crippen molar-refractivity contribution in [3.63, 3.8) is 0 Å². The Balaban J connectivity index is 1.18. The van der Waals surface area contributed by atoms with Gasteiger partial charge in [0.25, 0.3) is 0 Å². The van der Waals surface area contributed by atoms with E-state index in [1.54, 1.807) is 0 Å². The summed E-state index contributed by atoms with van der Waals surface area (Å²) in [5.41, 5.74) is 15.2. The topological polar surface area (TPSA) is 3.24 Å². The fourth-order valence-corrected chi connectivity index (χ4v) is 16.2. The van der Waals surface area contributed by atoms with Gasteiger partial charge in [0.2, 0.25) is 0 Å². The van der Waals surface area contributed by atoms with Crippen LogP contribution in [-0.4, -0.2) is 8.07 Å². The molecule has 316 valence electrons. The Morgan fingerprint density at radius 2 is 0.892 bits per heavy atom. The summed E-state index contributed by atoms with van der Waals surface area (Å²) in [6, 6.07) is 87.1. The lowest BCUT2D eigenvalue weighted by atomic mass is 9.81. The standard InChI is InChI=1S/C63H55NSi/c1-63(2)59-36-22-21-35-56(59)62-58(48-27-13-5-14-28-48)44-51(45-60(62)63)64(61-42-37-49(46-23-9-3-10-24-46)43-57(61)47-25-11-4-12-26-47)50-38-40-55(41-39-50)65(52-29-15-6-16-30-52,53-31-17-7-18-32-53)54-33-19-8-20-34-54/h4-8,11-22,25-46H,3,9-10,23-24H2,1-2H3. The van der Waals surface area contributed by atoms with Crippen LogP contribution >= 0.6 is 0 Å². The van der Waals surface area contributed by atoms with Crippen molar-refractivity contribution < 1.29 is 0 Å². The molecule has 0 heterocycles. The zero-order valence-electron chi connectivity index (χ0n) is 37.5. The number of fused-ring (bicyclic) bond motifs is 3. The second-order valence-corrected chi connectivity index (χ2v) is 22.5. The number of hydrogen-bond acceptors (Lipinski definition) is 1. The van der Waals surface area contributed by atoms with Gasteiger partial charge in [-0.15, -0.1) is 0 Å². The molecule has 1 fully saturated rings. The summed E-state index contributed by atoms with van der Waals surface area (Å²) >= 11 is 0. The molecule has 0 saturated heterocycles. The molecule has 65 heavy (non-hydrogen) atoms. The Bertz CT molecular complexity index is 2970. The van der Waals surface area contributed by atoms with E-state index < -0.39 is 8.07 Å². The van der Waals surface area contributed by atoms with Crippen LogP contribution in [0.1, 0.15) is 68.6 Å². The van der Waals surface area contributed by atoms with Crippen molar-refractivity contribution in [1.82, 2.24) is 0 Å². The fourth-order valence-electron chi connectivity index (χ4n) is 11.4. The number of rotatable bonds is 10. The van der Waals surface area contributed by atoms with Crippen LogP contribution in [-0.2, 0) is 5.41 Å². The Labute approximate surface area is 386 Å². The molecule has 0 aliphatic heterocycles. The molecule has 9 aromatic carbocycles. The van der Waals surface area contributed by atoms with Gasteiger partial charge in [-0.3, -0.25) is 0 Å². The van der Waals surface area contributed by atoms with E-state index in [2.05, 4.69) is 249 Å². The normalized spacial score (nSPS) is 14.4. The molecular weight excluding hydrogens is 799 g/mol. The van der Waals surface area contributed by atoms with E-state index in [0.717, 1.165) is 11.4 Å². The summed E-state index contributed by atoms with van der Waals surface area (Å²) < 4.78 is 0. The highest BCUT2D eigenvalue weighted by molar-refractivity contribution is 7.19. The molecule has 0 aromatic heterocycles. The van der Waals surface area contributed by atoms with Gasteiger partial charge in [0.15, 0.2) is 8.07 Å². The summed E-state index contributed by atoms with van der Waals surface area (Å²) in [6.07, 6.45) is 6.47. The van der Waals surface area contributed by atoms with Gasteiger partial charge >= 0.3 is 0 Å². The Morgan fingerprint density at radius 3 is 1.46 bits per heavy atom. The van der Waals surface area contributed by atoms with Gasteiger partial charge in [0, 0.05) is 22.4 Å². The van der Waals surface area contributed by atoms with Crippen molar-refractivity contribution in [2.24, 2.45) is 0 Å². The predicted octanol–water partition coefficient (Wildman–Crippen LogP) is 14.2. The van der Waals surface area contributed by atoms with Gasteiger partial charge in [-0.2, -0.15) is 0 Å². The molecule has 0 amide bonds. The lowest BCUT2D eigenvalue weighted by molar-refractivity contribution is 0.444. The van der Waals surface area contributed by atoms with Gasteiger partial charge in [-0.25, -0.2) is 0 Å². The van der Waals surface area contributed by atoms with Crippen molar-refractivity contribution in [3.8, 4) is 33.4 Å². The second kappa shape index (κ2) is 17.2. The second-order valence-electron chi connectivity index (χ2n) is 18.7. The lowest BCUT2D eigenvalue weighted by Gasteiger charge is -2.35. The first-order valence-corrected chi connectivity index (χ1v) is 25.6. The van der Waals surface area contributed by atoms with E-state index in [1.807, 2.05) is 0 Å². The Morgan fingerprint density at radius 1 is 0.400 bits per heavy atom. The van der Waals surface area contributed by atoms with Crippen molar-refractivity contribution in [3.05, 3.63) is 247 Å². The first kappa shape index (κ1) is 40.8. The average Bonchev–Trinajstić information content (AvgIpc) is 3.61. The van der Waals surface area contributed by atoms with Crippen molar-refractivity contribution in [1.29, 1.82) is 0 Å². The molecule has 0 unspecified atom stereocenters. The minimum Gasteiger partial charge on any atom is -0.310 e. The number of anilines is 3. The predicted molar refractivity (Wildman–Crippen MR) is 279 cm³/mol. The molecule has 11 rings (SSSR count). The van der Waals surface area contributed by atoms with Gasteiger partial charge in [-0.05, 0) is 120 Å². The first-order chi connectivity index (χ1) is 32.0. The smallest absolute Gasteiger partial charge is 0.179 e. The summed E-state index contributed by atoms with van der Waals surface area (Å²) in [5, 5.41) is 5.48. The van der Waals surface area contributed by atoms with Crippen LogP contribution in [0.3, 0.4) is 0 Å². The van der Waals surface area contributed by atoms with E-state index in [-0.39, 0.29) is 5.41 Å². The summed E-state index contributed by atoms with van der Waals surface area (Å²) in [6.45, 7) is 4.81. The number of hydrogen-bond donors (Lipinski definition) is 0. The largest absolute Gasteiger partial charge is 0.310 e. The van der Waals surface area contributed by atoms with Crippen LogP contribution in [0.25, 0.3) is 33.4 Å². The maximum atomic E-state index is 2.57. The van der Waals surface area contributed by atoms with Crippen LogP contribution in [0.2, 0.25) is 0 Å². The van der Waals surface area contributed by atoms with E-state index in [4.69, 9.17) is 0 Å². The van der Waals surface area contributed by atoms with Crippen LogP contribution in [0.4, 0.5) is 17.1 Å². The highest BCUT2D eigenvalue weighted by atomic mass is 28.3. The zero-order chi connectivity index (χ0) is 43.8. The van der Waals surface area contributed by atoms with Gasteiger partial charge in [0.05, 0.1) is 5.69 Å². The molecule has 2 aliphatic rings. The van der Waals surface area contributed by atoms with Crippen LogP contribution in [0, 0.1) is 0 Å². The molecule has 1 saturated carbocycles. The SMILES string of the molecule is CC1(C)c2ccccc2-c2c(-c3ccccc3)cc(N(c3ccc([Si](c4ccccc4)(c4ccccc4)c4ccccc4)cc3)c3ccc(C4CCCCC4)cc3-c3ccccc3)cc21. The average molecular weight is 854 g/mol. The van der Waals surface area contributed by atoms with Crippen LogP contribution in [0.15, 0.2) is 231 Å². The molecule has 9 aromatic rings. The first-order valence-electron chi connectivity index (χ1n) is 23.6. The summed E-state index contributed by atoms with van der Waals surface area (Å²) in [7, 11) is -2.75. The molecule has 0 N–H and O–H groups in total. The van der Waals surface area contributed by atoms with Crippen LogP contribution < -0.4 is 25.6 Å². The molecule has 0 atom stereocenters. The maximum Gasteiger partial charge on any atom is 0.179 e. The minimum absolute atomic E-state index is 0.194. The third-order valence-electron chi connectivity index (χ3n) is 14.6. The zero-order valence-corrected chi connectivity index (χ0v) is 38.5. The molecular formula is C63H55NSi. The highest BCUT2D eigenvalue weighted by Gasteiger charge is 2.42. The van der Waals surface area contributed by atoms with Crippen molar-refractivity contribution in [2.45, 2.75) is 57.3 Å². The molecule has 2 heteroatoms. The highest BCUT2D eigenvalue weighted by Crippen LogP contribution is 2.55. The lowest BCUT2D eigenvalue weighted by Crippen LogP contribution is -2.74. The maximum absolute atomic E-state index is 2.75. The monoisotopic (exact) mass is 853 g/mol. The van der Waals surface area contributed by atoms with E-state index >= 15 is 0 Å². The molecule has 2 aliphatic carbocycles. The molecule has 0 radical (unpaired) electrons. The van der Waals surface area contributed by atoms with Gasteiger partial charge < -0.3 is 4.90 Å². The summed E-state index contributed by atoms with van der Waals surface area (Å²) in [5.74, 6) is 0.587. The van der Waals surface area contributed by atoms with Crippen molar-refractivity contribution >= 4 is 45.9 Å². The molecule has 0 spiro atoms. The number of benzene rings is 9. The minimum atomic E-state index is -2.75. The summed E-state index contributed by atoms with van der Waals surface area (Å²) in [4.78, 5) is 2.57. The molecule has 0 bridgehead atoms. The fraction of sp³-hybridized carbons (Fsp3) is 0.143. The van der Waals surface area contributed by atoms with Gasteiger partial charge in [-0.1, -0.05) is 227 Å².